The number of thioether (sulfide) groups is 1. The monoisotopic (exact) mass is 466 g/mol. The van der Waals surface area contributed by atoms with Crippen LogP contribution in [0.3, 0.4) is 0 Å². The van der Waals surface area contributed by atoms with E-state index < -0.39 is 5.60 Å². The van der Waals surface area contributed by atoms with Crippen molar-refractivity contribution in [3.8, 4) is 0 Å². The Hall–Kier alpha value is -2.28. The third kappa shape index (κ3) is 4.32. The zero-order valence-electron chi connectivity index (χ0n) is 20.2. The lowest BCUT2D eigenvalue weighted by Crippen LogP contribution is -2.50. The lowest BCUT2D eigenvalue weighted by Gasteiger charge is -2.40. The predicted molar refractivity (Wildman–Crippen MR) is 132 cm³/mol. The Kier molecular flexibility index (Phi) is 5.79. The Morgan fingerprint density at radius 2 is 1.79 bits per heavy atom. The van der Waals surface area contributed by atoms with Crippen LogP contribution in [0.2, 0.25) is 0 Å². The first-order valence-electron chi connectivity index (χ1n) is 12.0. The normalized spacial score (nSPS) is 22.3. The van der Waals surface area contributed by atoms with Crippen molar-refractivity contribution in [1.82, 2.24) is 14.9 Å². The summed E-state index contributed by atoms with van der Waals surface area (Å²) in [4.78, 5) is 26.6. The Balaban J connectivity index is 1.38. The number of aryl methyl sites for hydroxylation is 1. The van der Waals surface area contributed by atoms with Gasteiger partial charge in [-0.25, -0.2) is 14.8 Å². The molecule has 1 unspecified atom stereocenters. The van der Waals surface area contributed by atoms with Gasteiger partial charge in [-0.1, -0.05) is 36.0 Å². The number of fused-ring (bicyclic) bond motifs is 3. The van der Waals surface area contributed by atoms with Crippen LogP contribution in [-0.2, 0) is 29.4 Å². The van der Waals surface area contributed by atoms with Crippen LogP contribution in [-0.4, -0.2) is 59.0 Å². The van der Waals surface area contributed by atoms with E-state index in [1.165, 1.54) is 35.2 Å². The van der Waals surface area contributed by atoms with E-state index >= 15 is 0 Å². The van der Waals surface area contributed by atoms with Crippen molar-refractivity contribution in [3.63, 3.8) is 0 Å². The summed E-state index contributed by atoms with van der Waals surface area (Å²) in [6, 6.07) is 8.98. The minimum atomic E-state index is -0.470. The number of anilines is 1. The zero-order chi connectivity index (χ0) is 23.2. The number of hydrogen-bond acceptors (Lipinski definition) is 6. The van der Waals surface area contributed by atoms with Crippen molar-refractivity contribution in [1.29, 1.82) is 0 Å². The van der Waals surface area contributed by atoms with Gasteiger partial charge in [0, 0.05) is 37.2 Å². The topological polar surface area (TPSA) is 58.6 Å². The molecule has 2 heterocycles. The molecule has 176 valence electrons. The molecular formula is C26H34N4O2S. The number of nitrogens with zero attached hydrogens (tertiary/aromatic N) is 4. The molecule has 6 nitrogen and oxygen atoms in total. The van der Waals surface area contributed by atoms with Crippen LogP contribution in [0.1, 0.15) is 56.0 Å². The highest BCUT2D eigenvalue weighted by atomic mass is 32.2. The Morgan fingerprint density at radius 3 is 2.52 bits per heavy atom. The van der Waals surface area contributed by atoms with Crippen molar-refractivity contribution in [2.24, 2.45) is 0 Å². The molecule has 0 saturated carbocycles. The molecule has 5 rings (SSSR count). The van der Waals surface area contributed by atoms with Crippen LogP contribution in [0.4, 0.5) is 10.6 Å². The maximum absolute atomic E-state index is 12.5. The van der Waals surface area contributed by atoms with Crippen molar-refractivity contribution >= 4 is 23.7 Å². The highest BCUT2D eigenvalue weighted by molar-refractivity contribution is 7.98. The van der Waals surface area contributed by atoms with E-state index in [4.69, 9.17) is 14.7 Å². The summed E-state index contributed by atoms with van der Waals surface area (Å²) in [5.41, 5.74) is 5.34. The van der Waals surface area contributed by atoms with Crippen LogP contribution in [0.25, 0.3) is 0 Å². The van der Waals surface area contributed by atoms with E-state index in [0.717, 1.165) is 43.3 Å². The van der Waals surface area contributed by atoms with Gasteiger partial charge >= 0.3 is 6.09 Å². The summed E-state index contributed by atoms with van der Waals surface area (Å²) >= 11 is 1.61. The lowest BCUT2D eigenvalue weighted by atomic mass is 9.69. The second-order valence-corrected chi connectivity index (χ2v) is 11.3. The van der Waals surface area contributed by atoms with Crippen molar-refractivity contribution < 1.29 is 9.53 Å². The average Bonchev–Trinajstić information content (AvgIpc) is 3.15. The van der Waals surface area contributed by atoms with E-state index in [9.17, 15) is 4.79 Å². The fraction of sp³-hybridized carbons (Fsp3) is 0.577. The van der Waals surface area contributed by atoms with Gasteiger partial charge in [0.1, 0.15) is 11.4 Å². The third-order valence-corrected chi connectivity index (χ3v) is 7.83. The molecule has 1 aromatic heterocycles. The zero-order valence-corrected chi connectivity index (χ0v) is 21.0. The highest BCUT2D eigenvalue weighted by Crippen LogP contribution is 2.48. The number of aromatic nitrogens is 2. The SMILES string of the molecule is CSc1nc2c(c(N3CCN(C(=O)OC(C)(C)C)CC3)n1)CCC1(CCc3ccccc31)C2. The molecule has 1 amide bonds. The standard InChI is InChI=1S/C26H34N4O2S/c1-25(2,3)32-24(31)30-15-13-29(14-16-30)22-19-10-12-26(17-21(19)27-23(28-22)33-4)11-9-18-7-5-6-8-20(18)26/h5-8H,9-17H2,1-4H3. The fourth-order valence-corrected chi connectivity index (χ4v) is 6.04. The molecule has 0 radical (unpaired) electrons. The largest absolute Gasteiger partial charge is 0.444 e. The molecule has 1 atom stereocenters. The number of ether oxygens (including phenoxy) is 1. The Bertz CT molecular complexity index is 1060. The number of carbonyl (C=O) groups excluding carboxylic acids is 1. The summed E-state index contributed by atoms with van der Waals surface area (Å²) in [7, 11) is 0. The maximum atomic E-state index is 12.5. The second kappa shape index (κ2) is 8.49. The summed E-state index contributed by atoms with van der Waals surface area (Å²) in [5, 5.41) is 0.849. The van der Waals surface area contributed by atoms with Crippen molar-refractivity contribution in [2.45, 2.75) is 69.0 Å². The van der Waals surface area contributed by atoms with Crippen LogP contribution in [0.15, 0.2) is 29.4 Å². The number of carbonyl (C=O) groups is 1. The van der Waals surface area contributed by atoms with Crippen LogP contribution in [0, 0.1) is 0 Å². The van der Waals surface area contributed by atoms with E-state index in [0.29, 0.717) is 13.1 Å². The van der Waals surface area contributed by atoms with Gasteiger partial charge < -0.3 is 14.5 Å². The van der Waals surface area contributed by atoms with E-state index in [-0.39, 0.29) is 11.5 Å². The summed E-state index contributed by atoms with van der Waals surface area (Å²) in [6.07, 6.45) is 7.39. The molecule has 33 heavy (non-hydrogen) atoms. The minimum absolute atomic E-state index is 0.223. The first-order valence-corrected chi connectivity index (χ1v) is 13.3. The van der Waals surface area contributed by atoms with Crippen molar-refractivity contribution in [2.75, 3.05) is 37.3 Å². The molecule has 0 bridgehead atoms. The van der Waals surface area contributed by atoms with E-state index in [1.807, 2.05) is 25.7 Å². The van der Waals surface area contributed by atoms with Gasteiger partial charge in [-0.3, -0.25) is 0 Å². The molecule has 1 aromatic carbocycles. The van der Waals surface area contributed by atoms with Gasteiger partial charge in [0.05, 0.1) is 5.69 Å². The smallest absolute Gasteiger partial charge is 0.410 e. The van der Waals surface area contributed by atoms with Gasteiger partial charge in [-0.15, -0.1) is 0 Å². The first kappa shape index (κ1) is 22.5. The van der Waals surface area contributed by atoms with Gasteiger partial charge in [0.15, 0.2) is 5.16 Å². The molecule has 0 N–H and O–H groups in total. The minimum Gasteiger partial charge on any atom is -0.444 e. The van der Waals surface area contributed by atoms with Crippen LogP contribution >= 0.6 is 11.8 Å². The average molecular weight is 467 g/mol. The number of piperazine rings is 1. The number of rotatable bonds is 2. The second-order valence-electron chi connectivity index (χ2n) is 10.5. The van der Waals surface area contributed by atoms with E-state index in [1.54, 1.807) is 11.8 Å². The van der Waals surface area contributed by atoms with Gasteiger partial charge in [-0.2, -0.15) is 0 Å². The molecule has 2 aromatic rings. The van der Waals surface area contributed by atoms with Crippen LogP contribution < -0.4 is 4.90 Å². The molecule has 1 aliphatic heterocycles. The number of hydrogen-bond donors (Lipinski definition) is 0. The summed E-state index contributed by atoms with van der Waals surface area (Å²) in [5.74, 6) is 1.08. The lowest BCUT2D eigenvalue weighted by molar-refractivity contribution is 0.0240. The predicted octanol–water partition coefficient (Wildman–Crippen LogP) is 4.63. The van der Waals surface area contributed by atoms with E-state index in [2.05, 4.69) is 35.4 Å². The number of benzene rings is 1. The number of amides is 1. The molecule has 1 saturated heterocycles. The van der Waals surface area contributed by atoms with Gasteiger partial charge in [0.25, 0.3) is 0 Å². The summed E-state index contributed by atoms with van der Waals surface area (Å²) in [6.45, 7) is 8.57. The molecule has 1 fully saturated rings. The summed E-state index contributed by atoms with van der Waals surface area (Å²) < 4.78 is 5.57. The van der Waals surface area contributed by atoms with Gasteiger partial charge in [0.2, 0.25) is 0 Å². The Labute approximate surface area is 201 Å². The van der Waals surface area contributed by atoms with Crippen molar-refractivity contribution in [3.05, 3.63) is 46.6 Å². The Morgan fingerprint density at radius 1 is 1.06 bits per heavy atom. The molecule has 2 aliphatic carbocycles. The quantitative estimate of drug-likeness (QED) is 0.475. The first-order chi connectivity index (χ1) is 15.8. The molecule has 3 aliphatic rings. The molecule has 7 heteroatoms. The highest BCUT2D eigenvalue weighted by Gasteiger charge is 2.43. The fourth-order valence-electron chi connectivity index (χ4n) is 5.66. The maximum Gasteiger partial charge on any atom is 0.410 e. The third-order valence-electron chi connectivity index (χ3n) is 7.28. The van der Waals surface area contributed by atoms with Gasteiger partial charge in [-0.05, 0) is 70.3 Å². The van der Waals surface area contributed by atoms with Crippen LogP contribution in [0.5, 0.6) is 0 Å². The molecular weight excluding hydrogens is 432 g/mol. The molecule has 1 spiro atoms.